The molecule has 1 heterocycles. The molecule has 2 aromatic rings. The van der Waals surface area contributed by atoms with Gasteiger partial charge in [-0.1, -0.05) is 26.0 Å². The fraction of sp³-hybridized carbons (Fsp3) is 0.467. The minimum Gasteiger partial charge on any atom is -0.327 e. The monoisotopic (exact) mass is 241 g/mol. The SMILES string of the molecule is CC(C)Cc1nc2ccccc2n1CC(C)C#N. The van der Waals surface area contributed by atoms with Gasteiger partial charge >= 0.3 is 0 Å². The van der Waals surface area contributed by atoms with Crippen LogP contribution in [0.25, 0.3) is 11.0 Å². The predicted octanol–water partition coefficient (Wildman–Crippen LogP) is 3.39. The lowest BCUT2D eigenvalue weighted by Crippen LogP contribution is -2.11. The van der Waals surface area contributed by atoms with E-state index >= 15 is 0 Å². The Labute approximate surface area is 108 Å². The summed E-state index contributed by atoms with van der Waals surface area (Å²) in [6.45, 7) is 7.06. The number of nitriles is 1. The third-order valence-corrected chi connectivity index (χ3v) is 3.00. The highest BCUT2D eigenvalue weighted by Gasteiger charge is 2.13. The summed E-state index contributed by atoms with van der Waals surface area (Å²) < 4.78 is 2.20. The zero-order valence-electron chi connectivity index (χ0n) is 11.2. The molecule has 0 radical (unpaired) electrons. The third kappa shape index (κ3) is 2.53. The zero-order valence-corrected chi connectivity index (χ0v) is 11.2. The maximum Gasteiger partial charge on any atom is 0.110 e. The Morgan fingerprint density at radius 1 is 1.28 bits per heavy atom. The van der Waals surface area contributed by atoms with E-state index in [4.69, 9.17) is 10.2 Å². The molecular weight excluding hydrogens is 222 g/mol. The zero-order chi connectivity index (χ0) is 13.1. The van der Waals surface area contributed by atoms with Gasteiger partial charge < -0.3 is 4.57 Å². The van der Waals surface area contributed by atoms with E-state index in [9.17, 15) is 0 Å². The van der Waals surface area contributed by atoms with Crippen LogP contribution in [-0.4, -0.2) is 9.55 Å². The lowest BCUT2D eigenvalue weighted by molar-refractivity contribution is 0.536. The van der Waals surface area contributed by atoms with Crippen LogP contribution < -0.4 is 0 Å². The smallest absolute Gasteiger partial charge is 0.110 e. The van der Waals surface area contributed by atoms with Crippen LogP contribution >= 0.6 is 0 Å². The number of imidazole rings is 1. The van der Waals surface area contributed by atoms with E-state index in [0.29, 0.717) is 5.92 Å². The van der Waals surface area contributed by atoms with E-state index < -0.39 is 0 Å². The number of nitrogens with zero attached hydrogens (tertiary/aromatic N) is 3. The summed E-state index contributed by atoms with van der Waals surface area (Å²) >= 11 is 0. The molecule has 0 amide bonds. The molecule has 0 aliphatic rings. The van der Waals surface area contributed by atoms with Crippen molar-refractivity contribution in [2.24, 2.45) is 11.8 Å². The van der Waals surface area contributed by atoms with Crippen LogP contribution in [-0.2, 0) is 13.0 Å². The summed E-state index contributed by atoms with van der Waals surface area (Å²) in [5.74, 6) is 1.67. The Balaban J connectivity index is 2.47. The molecular formula is C15H19N3. The lowest BCUT2D eigenvalue weighted by Gasteiger charge is -2.11. The van der Waals surface area contributed by atoms with Crippen LogP contribution in [0.1, 0.15) is 26.6 Å². The Morgan fingerprint density at radius 2 is 2.00 bits per heavy atom. The fourth-order valence-electron chi connectivity index (χ4n) is 2.16. The molecule has 0 saturated carbocycles. The molecule has 0 N–H and O–H groups in total. The van der Waals surface area contributed by atoms with Gasteiger partial charge in [-0.2, -0.15) is 5.26 Å². The van der Waals surface area contributed by atoms with Crippen molar-refractivity contribution in [1.29, 1.82) is 5.26 Å². The Kier molecular flexibility index (Phi) is 3.66. The summed E-state index contributed by atoms with van der Waals surface area (Å²) in [6, 6.07) is 10.4. The maximum absolute atomic E-state index is 8.99. The first-order chi connectivity index (χ1) is 8.61. The molecule has 1 aromatic carbocycles. The normalized spacial score (nSPS) is 12.8. The van der Waals surface area contributed by atoms with Crippen molar-refractivity contribution in [3.63, 3.8) is 0 Å². The van der Waals surface area contributed by atoms with Crippen molar-refractivity contribution in [2.45, 2.75) is 33.7 Å². The molecule has 3 heteroatoms. The van der Waals surface area contributed by atoms with Crippen LogP contribution in [0.3, 0.4) is 0 Å². The van der Waals surface area contributed by atoms with E-state index in [1.165, 1.54) is 0 Å². The number of rotatable bonds is 4. The van der Waals surface area contributed by atoms with E-state index in [1.807, 2.05) is 25.1 Å². The van der Waals surface area contributed by atoms with Gasteiger partial charge in [-0.3, -0.25) is 0 Å². The first-order valence-corrected chi connectivity index (χ1v) is 6.45. The van der Waals surface area contributed by atoms with Gasteiger partial charge in [0, 0.05) is 13.0 Å². The van der Waals surface area contributed by atoms with Gasteiger partial charge in [0.1, 0.15) is 5.82 Å². The van der Waals surface area contributed by atoms with Gasteiger partial charge in [0.25, 0.3) is 0 Å². The summed E-state index contributed by atoms with van der Waals surface area (Å²) in [5, 5.41) is 8.99. The summed E-state index contributed by atoms with van der Waals surface area (Å²) in [5.41, 5.74) is 2.16. The molecule has 0 fully saturated rings. The highest BCUT2D eigenvalue weighted by atomic mass is 15.1. The van der Waals surface area contributed by atoms with Crippen LogP contribution in [0.15, 0.2) is 24.3 Å². The van der Waals surface area contributed by atoms with Crippen molar-refractivity contribution < 1.29 is 0 Å². The molecule has 0 saturated heterocycles. The molecule has 1 atom stereocenters. The Bertz CT molecular complexity index is 575. The molecule has 18 heavy (non-hydrogen) atoms. The molecule has 0 aliphatic carbocycles. The summed E-state index contributed by atoms with van der Waals surface area (Å²) in [4.78, 5) is 4.69. The summed E-state index contributed by atoms with van der Waals surface area (Å²) in [7, 11) is 0. The largest absolute Gasteiger partial charge is 0.327 e. The average Bonchev–Trinajstić information content (AvgIpc) is 2.66. The minimum atomic E-state index is 0.00789. The van der Waals surface area contributed by atoms with Gasteiger partial charge in [0.15, 0.2) is 0 Å². The lowest BCUT2D eigenvalue weighted by atomic mass is 10.1. The predicted molar refractivity (Wildman–Crippen MR) is 73.1 cm³/mol. The molecule has 94 valence electrons. The highest BCUT2D eigenvalue weighted by molar-refractivity contribution is 5.75. The van der Waals surface area contributed by atoms with Crippen molar-refractivity contribution in [3.8, 4) is 6.07 Å². The number of aromatic nitrogens is 2. The van der Waals surface area contributed by atoms with Gasteiger partial charge in [0.05, 0.1) is 23.0 Å². The van der Waals surface area contributed by atoms with Gasteiger partial charge in [0.2, 0.25) is 0 Å². The molecule has 2 rings (SSSR count). The van der Waals surface area contributed by atoms with Crippen molar-refractivity contribution >= 4 is 11.0 Å². The van der Waals surface area contributed by atoms with Gasteiger partial charge in [-0.25, -0.2) is 4.98 Å². The second-order valence-corrected chi connectivity index (χ2v) is 5.26. The van der Waals surface area contributed by atoms with E-state index in [1.54, 1.807) is 0 Å². The second-order valence-electron chi connectivity index (χ2n) is 5.26. The first-order valence-electron chi connectivity index (χ1n) is 6.45. The maximum atomic E-state index is 8.99. The van der Waals surface area contributed by atoms with Crippen molar-refractivity contribution in [3.05, 3.63) is 30.1 Å². The minimum absolute atomic E-state index is 0.00789. The van der Waals surface area contributed by atoms with E-state index in [-0.39, 0.29) is 5.92 Å². The van der Waals surface area contributed by atoms with Crippen molar-refractivity contribution in [2.75, 3.05) is 0 Å². The van der Waals surface area contributed by atoms with Crippen LogP contribution in [0, 0.1) is 23.2 Å². The number of para-hydroxylation sites is 2. The second kappa shape index (κ2) is 5.22. The quantitative estimate of drug-likeness (QED) is 0.823. The number of benzene rings is 1. The number of hydrogen-bond acceptors (Lipinski definition) is 2. The number of fused-ring (bicyclic) bond motifs is 1. The molecule has 1 aromatic heterocycles. The molecule has 3 nitrogen and oxygen atoms in total. The van der Waals surface area contributed by atoms with Gasteiger partial charge in [-0.15, -0.1) is 0 Å². The Morgan fingerprint density at radius 3 is 2.67 bits per heavy atom. The fourth-order valence-corrected chi connectivity index (χ4v) is 2.16. The molecule has 1 unspecified atom stereocenters. The first kappa shape index (κ1) is 12.6. The average molecular weight is 241 g/mol. The van der Waals surface area contributed by atoms with Gasteiger partial charge in [-0.05, 0) is 25.0 Å². The van der Waals surface area contributed by atoms with Crippen LogP contribution in [0.4, 0.5) is 0 Å². The standard InChI is InChI=1S/C15H19N3/c1-11(2)8-15-17-13-6-4-5-7-14(13)18(15)10-12(3)9-16/h4-7,11-12H,8,10H2,1-3H3. The van der Waals surface area contributed by atoms with Crippen molar-refractivity contribution in [1.82, 2.24) is 9.55 Å². The molecule has 0 spiro atoms. The summed E-state index contributed by atoms with van der Waals surface area (Å²) in [6.07, 6.45) is 0.951. The van der Waals surface area contributed by atoms with E-state index in [2.05, 4.69) is 30.6 Å². The number of hydrogen-bond donors (Lipinski definition) is 0. The van der Waals surface area contributed by atoms with E-state index in [0.717, 1.165) is 29.8 Å². The molecule has 0 bridgehead atoms. The van der Waals surface area contributed by atoms with Crippen LogP contribution in [0.5, 0.6) is 0 Å². The van der Waals surface area contributed by atoms with Crippen LogP contribution in [0.2, 0.25) is 0 Å². The Hall–Kier alpha value is -1.82. The molecule has 0 aliphatic heterocycles. The topological polar surface area (TPSA) is 41.6 Å². The highest BCUT2D eigenvalue weighted by Crippen LogP contribution is 2.19. The third-order valence-electron chi connectivity index (χ3n) is 3.00.